The van der Waals surface area contributed by atoms with Crippen LogP contribution in [0.1, 0.15) is 22.8 Å². The summed E-state index contributed by atoms with van der Waals surface area (Å²) in [5.41, 5.74) is 7.95. The van der Waals surface area contributed by atoms with E-state index < -0.39 is 5.97 Å². The zero-order valence-corrected chi connectivity index (χ0v) is 12.4. The van der Waals surface area contributed by atoms with Crippen molar-refractivity contribution in [3.8, 4) is 0 Å². The number of carboxylic acid groups (broad SMARTS) is 1. The van der Waals surface area contributed by atoms with Gasteiger partial charge in [0.1, 0.15) is 0 Å². The van der Waals surface area contributed by atoms with Crippen molar-refractivity contribution in [2.75, 3.05) is 11.1 Å². The largest absolute Gasteiger partial charge is 0.478 e. The van der Waals surface area contributed by atoms with E-state index in [1.165, 1.54) is 12.3 Å². The Morgan fingerprint density at radius 1 is 1.45 bits per heavy atom. The number of pyridine rings is 1. The summed E-state index contributed by atoms with van der Waals surface area (Å²) in [4.78, 5) is 15.2. The van der Waals surface area contributed by atoms with Crippen LogP contribution < -0.4 is 11.1 Å². The molecule has 1 heterocycles. The minimum absolute atomic E-state index is 0.0395. The van der Waals surface area contributed by atoms with Crippen molar-refractivity contribution in [3.05, 3.63) is 46.1 Å². The van der Waals surface area contributed by atoms with Gasteiger partial charge < -0.3 is 16.2 Å². The Morgan fingerprint density at radius 2 is 2.20 bits per heavy atom. The van der Waals surface area contributed by atoms with Crippen LogP contribution in [0.15, 0.2) is 34.9 Å². The van der Waals surface area contributed by atoms with Crippen molar-refractivity contribution in [1.82, 2.24) is 4.98 Å². The van der Waals surface area contributed by atoms with Crippen molar-refractivity contribution < 1.29 is 9.90 Å². The lowest BCUT2D eigenvalue weighted by Crippen LogP contribution is -2.07. The van der Waals surface area contributed by atoms with E-state index in [1.54, 1.807) is 0 Å². The SMILES string of the molecule is CCc1cc(Br)ccc1Nc1nccc(C(=O)O)c1N. The molecule has 5 nitrogen and oxygen atoms in total. The van der Waals surface area contributed by atoms with Crippen LogP contribution in [0, 0.1) is 0 Å². The molecule has 0 aliphatic carbocycles. The van der Waals surface area contributed by atoms with Gasteiger partial charge in [-0.1, -0.05) is 22.9 Å². The van der Waals surface area contributed by atoms with E-state index in [1.807, 2.05) is 25.1 Å². The molecule has 1 aromatic heterocycles. The lowest BCUT2D eigenvalue weighted by Gasteiger charge is -2.13. The third-order valence-electron chi connectivity index (χ3n) is 2.92. The number of aromatic nitrogens is 1. The number of nitrogen functional groups attached to an aromatic ring is 1. The summed E-state index contributed by atoms with van der Waals surface area (Å²) < 4.78 is 0.986. The number of carboxylic acids is 1. The van der Waals surface area contributed by atoms with E-state index in [0.717, 1.165) is 22.1 Å². The Bertz CT molecular complexity index is 659. The van der Waals surface area contributed by atoms with Gasteiger partial charge in [-0.05, 0) is 36.2 Å². The lowest BCUT2D eigenvalue weighted by molar-refractivity contribution is 0.0698. The van der Waals surface area contributed by atoms with Crippen molar-refractivity contribution in [2.24, 2.45) is 0 Å². The van der Waals surface area contributed by atoms with Gasteiger partial charge in [-0.2, -0.15) is 0 Å². The summed E-state index contributed by atoms with van der Waals surface area (Å²) in [6.45, 7) is 2.04. The standard InChI is InChI=1S/C14H14BrN3O2/c1-2-8-7-9(15)3-4-11(8)18-13-12(16)10(14(19)20)5-6-17-13/h3-7H,2,16H2,1H3,(H,17,18)(H,19,20). The number of carbonyl (C=O) groups is 1. The first-order valence-corrected chi connectivity index (χ1v) is 6.85. The van der Waals surface area contributed by atoms with Crippen LogP contribution in [-0.2, 0) is 6.42 Å². The predicted molar refractivity (Wildman–Crippen MR) is 82.4 cm³/mol. The number of nitrogens with two attached hydrogens (primary N) is 1. The number of nitrogens with zero attached hydrogens (tertiary/aromatic N) is 1. The quantitative estimate of drug-likeness (QED) is 0.796. The number of aromatic carboxylic acids is 1. The zero-order valence-electron chi connectivity index (χ0n) is 10.9. The fraction of sp³-hybridized carbons (Fsp3) is 0.143. The predicted octanol–water partition coefficient (Wildman–Crippen LogP) is 3.43. The summed E-state index contributed by atoms with van der Waals surface area (Å²) >= 11 is 3.42. The molecule has 2 rings (SSSR count). The van der Waals surface area contributed by atoms with Gasteiger partial charge in [-0.15, -0.1) is 0 Å². The summed E-state index contributed by atoms with van der Waals surface area (Å²) in [6.07, 6.45) is 2.26. The minimum Gasteiger partial charge on any atom is -0.478 e. The molecule has 0 fully saturated rings. The molecule has 4 N–H and O–H groups in total. The first-order chi connectivity index (χ1) is 9.52. The summed E-state index contributed by atoms with van der Waals surface area (Å²) in [5.74, 6) is -0.721. The molecule has 0 aliphatic rings. The van der Waals surface area contributed by atoms with Gasteiger partial charge in [-0.3, -0.25) is 0 Å². The molecule has 6 heteroatoms. The van der Waals surface area contributed by atoms with Crippen LogP contribution in [0.5, 0.6) is 0 Å². The normalized spacial score (nSPS) is 10.3. The number of anilines is 3. The number of halogens is 1. The fourth-order valence-corrected chi connectivity index (χ4v) is 2.27. The second-order valence-corrected chi connectivity index (χ2v) is 5.12. The Hall–Kier alpha value is -2.08. The van der Waals surface area contributed by atoms with Crippen LogP contribution in [0.2, 0.25) is 0 Å². The van der Waals surface area contributed by atoms with Crippen molar-refractivity contribution in [2.45, 2.75) is 13.3 Å². The molecule has 0 atom stereocenters. The van der Waals surface area contributed by atoms with Gasteiger partial charge in [0.05, 0.1) is 11.3 Å². The number of hydrogen-bond acceptors (Lipinski definition) is 4. The summed E-state index contributed by atoms with van der Waals surface area (Å²) in [5, 5.41) is 12.1. The van der Waals surface area contributed by atoms with E-state index in [0.29, 0.717) is 5.82 Å². The van der Waals surface area contributed by atoms with Gasteiger partial charge >= 0.3 is 5.97 Å². The highest BCUT2D eigenvalue weighted by Gasteiger charge is 2.13. The van der Waals surface area contributed by atoms with Crippen molar-refractivity contribution in [1.29, 1.82) is 0 Å². The maximum Gasteiger partial charge on any atom is 0.337 e. The van der Waals surface area contributed by atoms with E-state index in [2.05, 4.69) is 26.2 Å². The number of benzene rings is 1. The highest BCUT2D eigenvalue weighted by atomic mass is 79.9. The molecule has 20 heavy (non-hydrogen) atoms. The monoisotopic (exact) mass is 335 g/mol. The van der Waals surface area contributed by atoms with E-state index in [4.69, 9.17) is 10.8 Å². The number of nitrogens with one attached hydrogen (secondary N) is 1. The molecule has 0 aliphatic heterocycles. The third-order valence-corrected chi connectivity index (χ3v) is 3.42. The molecule has 1 aromatic carbocycles. The lowest BCUT2D eigenvalue weighted by atomic mass is 10.1. The second kappa shape index (κ2) is 5.92. The van der Waals surface area contributed by atoms with Gasteiger partial charge in [0.15, 0.2) is 5.82 Å². The van der Waals surface area contributed by atoms with E-state index in [-0.39, 0.29) is 11.3 Å². The summed E-state index contributed by atoms with van der Waals surface area (Å²) in [7, 11) is 0. The summed E-state index contributed by atoms with van der Waals surface area (Å²) in [6, 6.07) is 7.18. The Kier molecular flexibility index (Phi) is 4.24. The smallest absolute Gasteiger partial charge is 0.337 e. The highest BCUT2D eigenvalue weighted by molar-refractivity contribution is 9.10. The number of rotatable bonds is 4. The third kappa shape index (κ3) is 2.91. The molecule has 2 aromatic rings. The molecule has 0 bridgehead atoms. The molecular formula is C14H14BrN3O2. The zero-order chi connectivity index (χ0) is 14.7. The highest BCUT2D eigenvalue weighted by Crippen LogP contribution is 2.28. The van der Waals surface area contributed by atoms with Crippen LogP contribution in [0.25, 0.3) is 0 Å². The van der Waals surface area contributed by atoms with Gasteiger partial charge in [-0.25, -0.2) is 9.78 Å². The fourth-order valence-electron chi connectivity index (χ4n) is 1.86. The molecule has 0 amide bonds. The molecular weight excluding hydrogens is 322 g/mol. The van der Waals surface area contributed by atoms with Crippen molar-refractivity contribution >= 4 is 39.1 Å². The van der Waals surface area contributed by atoms with Gasteiger partial charge in [0.2, 0.25) is 0 Å². The van der Waals surface area contributed by atoms with Crippen LogP contribution in [-0.4, -0.2) is 16.1 Å². The van der Waals surface area contributed by atoms with Crippen LogP contribution in [0.4, 0.5) is 17.2 Å². The Balaban J connectivity index is 2.40. The second-order valence-electron chi connectivity index (χ2n) is 4.21. The minimum atomic E-state index is -1.07. The van der Waals surface area contributed by atoms with Crippen LogP contribution >= 0.6 is 15.9 Å². The molecule has 104 valence electrons. The van der Waals surface area contributed by atoms with Crippen molar-refractivity contribution in [3.63, 3.8) is 0 Å². The molecule has 0 radical (unpaired) electrons. The molecule has 0 saturated heterocycles. The molecule has 0 saturated carbocycles. The maximum absolute atomic E-state index is 11.1. The Labute approximate surface area is 125 Å². The van der Waals surface area contributed by atoms with Crippen LogP contribution in [0.3, 0.4) is 0 Å². The maximum atomic E-state index is 11.1. The average Bonchev–Trinajstić information content (AvgIpc) is 2.42. The first kappa shape index (κ1) is 14.3. The number of hydrogen-bond donors (Lipinski definition) is 3. The average molecular weight is 336 g/mol. The molecule has 0 unspecified atom stereocenters. The first-order valence-electron chi connectivity index (χ1n) is 6.06. The van der Waals surface area contributed by atoms with Gasteiger partial charge in [0, 0.05) is 16.4 Å². The molecule has 0 spiro atoms. The Morgan fingerprint density at radius 3 is 2.85 bits per heavy atom. The van der Waals surface area contributed by atoms with E-state index >= 15 is 0 Å². The van der Waals surface area contributed by atoms with E-state index in [9.17, 15) is 4.79 Å². The number of aryl methyl sites for hydroxylation is 1. The topological polar surface area (TPSA) is 88.2 Å². The van der Waals surface area contributed by atoms with Gasteiger partial charge in [0.25, 0.3) is 0 Å².